The quantitative estimate of drug-likeness (QED) is 0.396. The molecule has 9 heteroatoms. The number of esters is 1. The van der Waals surface area contributed by atoms with E-state index in [1.165, 1.54) is 31.2 Å². The Labute approximate surface area is 175 Å². The van der Waals surface area contributed by atoms with Crippen LogP contribution in [0.3, 0.4) is 0 Å². The Kier molecular flexibility index (Phi) is 7.17. The van der Waals surface area contributed by atoms with E-state index in [4.69, 9.17) is 4.74 Å². The summed E-state index contributed by atoms with van der Waals surface area (Å²) in [5, 5.41) is 16.3. The van der Waals surface area contributed by atoms with E-state index in [1.807, 2.05) is 20.8 Å². The summed E-state index contributed by atoms with van der Waals surface area (Å²) >= 11 is 0. The van der Waals surface area contributed by atoms with E-state index in [9.17, 15) is 24.5 Å². The van der Waals surface area contributed by atoms with E-state index in [0.29, 0.717) is 12.8 Å². The number of ether oxygens (including phenoxy) is 1. The lowest BCUT2D eigenvalue weighted by Gasteiger charge is -2.29. The number of rotatable bonds is 7. The highest BCUT2D eigenvalue weighted by Gasteiger charge is 2.45. The van der Waals surface area contributed by atoms with Gasteiger partial charge in [-0.05, 0) is 46.6 Å². The number of benzene rings is 1. The highest BCUT2D eigenvalue weighted by Crippen LogP contribution is 2.42. The number of carbonyl (C=O) groups excluding carboxylic acids is 3. The summed E-state index contributed by atoms with van der Waals surface area (Å²) in [4.78, 5) is 48.0. The number of non-ortho nitro benzene ring substituents is 1. The van der Waals surface area contributed by atoms with Crippen molar-refractivity contribution in [3.8, 4) is 0 Å². The monoisotopic (exact) mass is 419 g/mol. The molecule has 0 radical (unpaired) electrons. The van der Waals surface area contributed by atoms with Crippen LogP contribution in [0.5, 0.6) is 0 Å². The molecule has 1 aliphatic carbocycles. The number of nitrogens with zero attached hydrogens (tertiary/aromatic N) is 1. The molecule has 164 valence electrons. The first kappa shape index (κ1) is 23.3. The normalized spacial score (nSPS) is 16.4. The number of nitro benzene ring substituents is 1. The molecule has 2 N–H and O–H groups in total. The average Bonchev–Trinajstić information content (AvgIpc) is 3.09. The van der Waals surface area contributed by atoms with Crippen molar-refractivity contribution >= 4 is 29.2 Å². The van der Waals surface area contributed by atoms with Crippen LogP contribution in [0.1, 0.15) is 59.8 Å². The molecule has 0 spiro atoms. The smallest absolute Gasteiger partial charge is 0.313 e. The molecule has 2 rings (SSSR count). The van der Waals surface area contributed by atoms with Crippen LogP contribution in [0.4, 0.5) is 11.4 Å². The van der Waals surface area contributed by atoms with Crippen LogP contribution in [0.25, 0.3) is 0 Å². The van der Waals surface area contributed by atoms with Crippen molar-refractivity contribution in [2.24, 2.45) is 5.41 Å². The number of hydrogen-bond acceptors (Lipinski definition) is 6. The largest absolute Gasteiger partial charge is 0.452 e. The lowest BCUT2D eigenvalue weighted by atomic mass is 9.82. The molecule has 1 fully saturated rings. The van der Waals surface area contributed by atoms with Crippen molar-refractivity contribution in [3.05, 3.63) is 34.4 Å². The number of nitrogens with one attached hydrogen (secondary N) is 2. The molecule has 1 aliphatic rings. The third-order valence-electron chi connectivity index (χ3n) is 4.98. The third kappa shape index (κ3) is 6.27. The van der Waals surface area contributed by atoms with Crippen molar-refractivity contribution in [2.45, 2.75) is 71.4 Å². The van der Waals surface area contributed by atoms with Crippen LogP contribution in [0, 0.1) is 15.5 Å². The highest BCUT2D eigenvalue weighted by molar-refractivity contribution is 5.96. The fraction of sp³-hybridized carbons (Fsp3) is 0.571. The Hall–Kier alpha value is -2.97. The topological polar surface area (TPSA) is 128 Å². The Morgan fingerprint density at radius 3 is 2.43 bits per heavy atom. The van der Waals surface area contributed by atoms with E-state index in [-0.39, 0.29) is 23.7 Å². The first-order valence-corrected chi connectivity index (χ1v) is 9.99. The number of nitro groups is 1. The second kappa shape index (κ2) is 9.23. The van der Waals surface area contributed by atoms with Crippen LogP contribution in [-0.4, -0.2) is 34.3 Å². The molecule has 0 aromatic heterocycles. The van der Waals surface area contributed by atoms with Crippen LogP contribution in [0.15, 0.2) is 24.3 Å². The molecule has 1 aromatic rings. The Bertz CT molecular complexity index is 824. The van der Waals surface area contributed by atoms with Gasteiger partial charge in [-0.25, -0.2) is 0 Å². The van der Waals surface area contributed by atoms with Gasteiger partial charge in [-0.2, -0.15) is 0 Å². The molecular formula is C21H29N3O6. The van der Waals surface area contributed by atoms with Crippen molar-refractivity contribution in [1.82, 2.24) is 5.32 Å². The minimum Gasteiger partial charge on any atom is -0.452 e. The second-order valence-electron chi connectivity index (χ2n) is 8.81. The zero-order chi connectivity index (χ0) is 22.5. The fourth-order valence-electron chi connectivity index (χ4n) is 3.55. The van der Waals surface area contributed by atoms with Crippen LogP contribution < -0.4 is 10.6 Å². The molecule has 1 saturated carbocycles. The lowest BCUT2D eigenvalue weighted by molar-refractivity contribution is -0.384. The number of anilines is 1. The van der Waals surface area contributed by atoms with Crippen molar-refractivity contribution < 1.29 is 24.0 Å². The SMILES string of the molecule is CC(OC(=O)C1(CC(=O)NC(C)(C)C)CCCC1)C(=O)Nc1cccc([N+](=O)[O-])c1. The summed E-state index contributed by atoms with van der Waals surface area (Å²) in [6.07, 6.45) is 1.59. The van der Waals surface area contributed by atoms with Gasteiger partial charge in [0.25, 0.3) is 11.6 Å². The van der Waals surface area contributed by atoms with Gasteiger partial charge in [0, 0.05) is 29.8 Å². The fourth-order valence-corrected chi connectivity index (χ4v) is 3.55. The summed E-state index contributed by atoms with van der Waals surface area (Å²) in [5.74, 6) is -1.39. The van der Waals surface area contributed by atoms with Crippen molar-refractivity contribution in [1.29, 1.82) is 0 Å². The molecule has 1 aromatic carbocycles. The maximum absolute atomic E-state index is 12.9. The van der Waals surface area contributed by atoms with Crippen LogP contribution in [0.2, 0.25) is 0 Å². The van der Waals surface area contributed by atoms with E-state index in [2.05, 4.69) is 10.6 Å². The van der Waals surface area contributed by atoms with Gasteiger partial charge in [-0.1, -0.05) is 18.9 Å². The summed E-state index contributed by atoms with van der Waals surface area (Å²) in [7, 11) is 0. The molecule has 0 bridgehead atoms. The minimum atomic E-state index is -1.11. The van der Waals surface area contributed by atoms with Gasteiger partial charge in [-0.3, -0.25) is 24.5 Å². The Balaban J connectivity index is 2.02. The van der Waals surface area contributed by atoms with Gasteiger partial charge in [0.05, 0.1) is 10.3 Å². The lowest BCUT2D eigenvalue weighted by Crippen LogP contribution is -2.45. The number of hydrogen-bond donors (Lipinski definition) is 2. The van der Waals surface area contributed by atoms with Crippen LogP contribution in [-0.2, 0) is 19.1 Å². The average molecular weight is 419 g/mol. The molecule has 1 unspecified atom stereocenters. The third-order valence-corrected chi connectivity index (χ3v) is 4.98. The molecule has 30 heavy (non-hydrogen) atoms. The Morgan fingerprint density at radius 2 is 1.87 bits per heavy atom. The first-order valence-electron chi connectivity index (χ1n) is 9.99. The van der Waals surface area contributed by atoms with E-state index in [0.717, 1.165) is 12.8 Å². The predicted octanol–water partition coefficient (Wildman–Crippen LogP) is 3.33. The van der Waals surface area contributed by atoms with E-state index in [1.54, 1.807) is 0 Å². The van der Waals surface area contributed by atoms with Crippen molar-refractivity contribution in [3.63, 3.8) is 0 Å². The van der Waals surface area contributed by atoms with Crippen LogP contribution >= 0.6 is 0 Å². The molecule has 2 amide bonds. The summed E-state index contributed by atoms with van der Waals surface area (Å²) < 4.78 is 5.42. The zero-order valence-corrected chi connectivity index (χ0v) is 17.8. The maximum atomic E-state index is 12.9. The first-order chi connectivity index (χ1) is 13.9. The van der Waals surface area contributed by atoms with Gasteiger partial charge >= 0.3 is 5.97 Å². The van der Waals surface area contributed by atoms with E-state index >= 15 is 0 Å². The zero-order valence-electron chi connectivity index (χ0n) is 17.8. The molecular weight excluding hydrogens is 390 g/mol. The van der Waals surface area contributed by atoms with Gasteiger partial charge < -0.3 is 15.4 Å². The molecule has 0 aliphatic heterocycles. The number of amides is 2. The van der Waals surface area contributed by atoms with Gasteiger partial charge in [-0.15, -0.1) is 0 Å². The highest BCUT2D eigenvalue weighted by atomic mass is 16.6. The minimum absolute atomic E-state index is 0.0162. The van der Waals surface area contributed by atoms with Gasteiger partial charge in [0.2, 0.25) is 5.91 Å². The summed E-state index contributed by atoms with van der Waals surface area (Å²) in [6, 6.07) is 5.49. The molecule has 1 atom stereocenters. The number of carbonyl (C=O) groups is 3. The van der Waals surface area contributed by atoms with Crippen molar-refractivity contribution in [2.75, 3.05) is 5.32 Å². The molecule has 9 nitrogen and oxygen atoms in total. The predicted molar refractivity (Wildman–Crippen MR) is 111 cm³/mol. The Morgan fingerprint density at radius 1 is 1.23 bits per heavy atom. The summed E-state index contributed by atoms with van der Waals surface area (Å²) in [6.45, 7) is 7.03. The van der Waals surface area contributed by atoms with E-state index < -0.39 is 33.9 Å². The summed E-state index contributed by atoms with van der Waals surface area (Å²) in [5.41, 5.74) is -1.27. The van der Waals surface area contributed by atoms with Gasteiger partial charge in [0.15, 0.2) is 6.10 Å². The standard InChI is InChI=1S/C21H29N3O6/c1-14(18(26)22-15-8-7-9-16(12-15)24(28)29)30-19(27)21(10-5-6-11-21)13-17(25)23-20(2,3)4/h7-9,12,14H,5-6,10-11,13H2,1-4H3,(H,22,26)(H,23,25). The molecule has 0 saturated heterocycles. The molecule has 0 heterocycles. The van der Waals surface area contributed by atoms with Gasteiger partial charge in [0.1, 0.15) is 0 Å². The second-order valence-corrected chi connectivity index (χ2v) is 8.81. The maximum Gasteiger partial charge on any atom is 0.313 e.